The van der Waals surface area contributed by atoms with E-state index in [-0.39, 0.29) is 19.1 Å². The Balaban J connectivity index is 1.12. The number of nitrogens with one attached hydrogen (secondary N) is 1. The number of fused-ring (bicyclic) bond motifs is 2. The minimum atomic E-state index is -0.199. The van der Waals surface area contributed by atoms with Crippen LogP contribution in [0.3, 0.4) is 0 Å². The van der Waals surface area contributed by atoms with Gasteiger partial charge in [-0.05, 0) is 23.6 Å². The Bertz CT molecular complexity index is 1670. The number of amides is 1. The highest BCUT2D eigenvalue weighted by atomic mass is 16.5. The summed E-state index contributed by atoms with van der Waals surface area (Å²) in [5, 5.41) is 18.3. The van der Waals surface area contributed by atoms with Crippen LogP contribution in [0.25, 0.3) is 27.5 Å². The molecule has 0 atom stereocenters. The highest BCUT2D eigenvalue weighted by Gasteiger charge is 2.14. The molecule has 36 heavy (non-hydrogen) atoms. The van der Waals surface area contributed by atoms with E-state index in [2.05, 4.69) is 30.7 Å². The molecule has 10 nitrogen and oxygen atoms in total. The number of hydrogen-bond donors (Lipinski definition) is 1. The maximum Gasteiger partial charge on any atom is 0.246 e. The molecule has 10 heteroatoms. The molecule has 3 aromatic heterocycles. The highest BCUT2D eigenvalue weighted by Crippen LogP contribution is 2.24. The van der Waals surface area contributed by atoms with E-state index in [4.69, 9.17) is 4.74 Å². The van der Waals surface area contributed by atoms with Crippen molar-refractivity contribution in [1.29, 1.82) is 0 Å². The van der Waals surface area contributed by atoms with Crippen molar-refractivity contribution in [2.45, 2.75) is 13.2 Å². The lowest BCUT2D eigenvalue weighted by molar-refractivity contribution is -0.116. The van der Waals surface area contributed by atoms with Crippen LogP contribution in [0.2, 0.25) is 0 Å². The van der Waals surface area contributed by atoms with E-state index in [9.17, 15) is 4.79 Å². The molecule has 0 unspecified atom stereocenters. The van der Waals surface area contributed by atoms with Gasteiger partial charge in [0.2, 0.25) is 11.8 Å². The van der Waals surface area contributed by atoms with E-state index in [1.165, 1.54) is 11.0 Å². The number of benzene rings is 3. The molecule has 0 aliphatic rings. The summed E-state index contributed by atoms with van der Waals surface area (Å²) < 4.78 is 9.10. The van der Waals surface area contributed by atoms with Crippen LogP contribution in [-0.4, -0.2) is 40.6 Å². The van der Waals surface area contributed by atoms with Gasteiger partial charge in [0.05, 0.1) is 18.1 Å². The molecule has 0 aliphatic heterocycles. The van der Waals surface area contributed by atoms with Crippen molar-refractivity contribution in [2.24, 2.45) is 0 Å². The molecule has 1 amide bonds. The second-order valence-corrected chi connectivity index (χ2v) is 8.08. The molecule has 1 N–H and O–H groups in total. The average molecular weight is 477 g/mol. The van der Waals surface area contributed by atoms with Crippen molar-refractivity contribution < 1.29 is 9.53 Å². The summed E-state index contributed by atoms with van der Waals surface area (Å²) in [4.78, 5) is 21.2. The first-order valence-corrected chi connectivity index (χ1v) is 11.3. The van der Waals surface area contributed by atoms with Gasteiger partial charge in [-0.15, -0.1) is 5.10 Å². The van der Waals surface area contributed by atoms with Gasteiger partial charge in [0.25, 0.3) is 0 Å². The normalized spacial score (nSPS) is 11.1. The van der Waals surface area contributed by atoms with Crippen molar-refractivity contribution in [2.75, 3.05) is 5.32 Å². The molecular formula is C26H20N8O2. The Morgan fingerprint density at radius 2 is 1.75 bits per heavy atom. The largest absolute Gasteiger partial charge is 0.470 e. The zero-order valence-corrected chi connectivity index (χ0v) is 19.0. The van der Waals surface area contributed by atoms with Crippen LogP contribution in [0, 0.1) is 0 Å². The van der Waals surface area contributed by atoms with Crippen LogP contribution < -0.4 is 10.1 Å². The van der Waals surface area contributed by atoms with E-state index >= 15 is 0 Å². The molecule has 0 saturated carbocycles. The fourth-order valence-electron chi connectivity index (χ4n) is 3.99. The Labute approximate surface area is 205 Å². The second kappa shape index (κ2) is 9.26. The summed E-state index contributed by atoms with van der Waals surface area (Å²) in [6, 6.07) is 23.4. The lowest BCUT2D eigenvalue weighted by Gasteiger charge is -2.08. The van der Waals surface area contributed by atoms with Gasteiger partial charge in [0.15, 0.2) is 5.65 Å². The van der Waals surface area contributed by atoms with Crippen LogP contribution in [0.15, 0.2) is 91.5 Å². The zero-order chi connectivity index (χ0) is 24.3. The molecule has 3 aromatic carbocycles. The van der Waals surface area contributed by atoms with Crippen molar-refractivity contribution in [3.63, 3.8) is 0 Å². The molecule has 6 rings (SSSR count). The number of carbonyl (C=O) groups is 1. The van der Waals surface area contributed by atoms with Gasteiger partial charge in [-0.1, -0.05) is 59.8 Å². The molecule has 0 spiro atoms. The van der Waals surface area contributed by atoms with Gasteiger partial charge in [0.1, 0.15) is 30.6 Å². The smallest absolute Gasteiger partial charge is 0.246 e. The Kier molecular flexibility index (Phi) is 5.51. The van der Waals surface area contributed by atoms with E-state index in [0.29, 0.717) is 22.6 Å². The highest BCUT2D eigenvalue weighted by molar-refractivity contribution is 6.02. The van der Waals surface area contributed by atoms with Crippen molar-refractivity contribution in [3.8, 4) is 11.6 Å². The zero-order valence-electron chi connectivity index (χ0n) is 19.0. The van der Waals surface area contributed by atoms with Crippen molar-refractivity contribution in [1.82, 2.24) is 34.7 Å². The first-order chi connectivity index (χ1) is 17.7. The Hall–Kier alpha value is -5.12. The average Bonchev–Trinajstić information content (AvgIpc) is 3.55. The lowest BCUT2D eigenvalue weighted by Crippen LogP contribution is -2.19. The third-order valence-electron chi connectivity index (χ3n) is 5.64. The van der Waals surface area contributed by atoms with Gasteiger partial charge in [-0.25, -0.2) is 19.3 Å². The monoisotopic (exact) mass is 476 g/mol. The Morgan fingerprint density at radius 1 is 0.917 bits per heavy atom. The van der Waals surface area contributed by atoms with Crippen LogP contribution in [0.5, 0.6) is 5.88 Å². The maximum atomic E-state index is 12.6. The van der Waals surface area contributed by atoms with Crippen LogP contribution in [-0.2, 0) is 17.9 Å². The van der Waals surface area contributed by atoms with Gasteiger partial charge >= 0.3 is 0 Å². The van der Waals surface area contributed by atoms with Gasteiger partial charge < -0.3 is 10.1 Å². The number of hydrogen-bond acceptors (Lipinski definition) is 7. The molecular weight excluding hydrogens is 456 g/mol. The number of anilines is 1. The fraction of sp³-hybridized carbons (Fsp3) is 0.0769. The number of nitrogens with zero attached hydrogens (tertiary/aromatic N) is 7. The number of rotatable bonds is 7. The first-order valence-electron chi connectivity index (χ1n) is 11.3. The standard InChI is InChI=1S/C26H20N8O2/c35-24(30-23-12-6-8-18-7-4-5-11-21(18)23)15-33-14-19(31-32-33)16-36-26-22-13-29-34(25(22)27-17-28-26)20-9-2-1-3-10-20/h1-14,17H,15-16H2,(H,30,35). The minimum absolute atomic E-state index is 0.0256. The molecule has 0 radical (unpaired) electrons. The quantitative estimate of drug-likeness (QED) is 0.373. The maximum absolute atomic E-state index is 12.6. The SMILES string of the molecule is O=C(Cn1cc(COc2ncnc3c2cnn3-c2ccccc2)nn1)Nc1cccc2ccccc12. The van der Waals surface area contributed by atoms with Crippen LogP contribution in [0.4, 0.5) is 5.69 Å². The number of carbonyl (C=O) groups excluding carboxylic acids is 1. The first kappa shape index (κ1) is 21.4. The van der Waals surface area contributed by atoms with E-state index in [1.807, 2.05) is 72.8 Å². The molecule has 0 fully saturated rings. The second-order valence-electron chi connectivity index (χ2n) is 8.08. The number of para-hydroxylation sites is 1. The van der Waals surface area contributed by atoms with Gasteiger partial charge in [0, 0.05) is 11.1 Å². The summed E-state index contributed by atoms with van der Waals surface area (Å²) >= 11 is 0. The molecule has 0 bridgehead atoms. The molecule has 176 valence electrons. The topological polar surface area (TPSA) is 113 Å². The third kappa shape index (κ3) is 4.23. The summed E-state index contributed by atoms with van der Waals surface area (Å²) in [7, 11) is 0. The van der Waals surface area contributed by atoms with Crippen LogP contribution >= 0.6 is 0 Å². The summed E-state index contributed by atoms with van der Waals surface area (Å²) in [5.74, 6) is 0.194. The molecule has 3 heterocycles. The van der Waals surface area contributed by atoms with Crippen LogP contribution in [0.1, 0.15) is 5.69 Å². The number of aromatic nitrogens is 7. The van der Waals surface area contributed by atoms with Gasteiger partial charge in [-0.2, -0.15) is 5.10 Å². The molecule has 0 saturated heterocycles. The molecule has 0 aliphatic carbocycles. The Morgan fingerprint density at radius 3 is 2.67 bits per heavy atom. The van der Waals surface area contributed by atoms with Crippen molar-refractivity contribution >= 4 is 33.4 Å². The van der Waals surface area contributed by atoms with E-state index in [0.717, 1.165) is 22.1 Å². The predicted octanol–water partition coefficient (Wildman–Crippen LogP) is 3.78. The van der Waals surface area contributed by atoms with E-state index < -0.39 is 0 Å². The summed E-state index contributed by atoms with van der Waals surface area (Å²) in [5.41, 5.74) is 2.85. The fourth-order valence-corrected chi connectivity index (χ4v) is 3.99. The van der Waals surface area contributed by atoms with E-state index in [1.54, 1.807) is 17.1 Å². The summed E-state index contributed by atoms with van der Waals surface area (Å²) in [6.07, 6.45) is 4.79. The lowest BCUT2D eigenvalue weighted by atomic mass is 10.1. The summed E-state index contributed by atoms with van der Waals surface area (Å²) in [6.45, 7) is 0.158. The number of ether oxygens (including phenoxy) is 1. The van der Waals surface area contributed by atoms with Gasteiger partial charge in [-0.3, -0.25) is 4.79 Å². The third-order valence-corrected chi connectivity index (χ3v) is 5.64. The minimum Gasteiger partial charge on any atom is -0.470 e. The molecule has 6 aromatic rings. The van der Waals surface area contributed by atoms with Crippen molar-refractivity contribution in [3.05, 3.63) is 97.2 Å². The predicted molar refractivity (Wildman–Crippen MR) is 134 cm³/mol.